The van der Waals surface area contributed by atoms with Gasteiger partial charge in [0.25, 0.3) is 0 Å². The van der Waals surface area contributed by atoms with Crippen LogP contribution < -0.4 is 5.32 Å². The molecule has 5 heteroatoms. The zero-order valence-electron chi connectivity index (χ0n) is 11.0. The van der Waals surface area contributed by atoms with E-state index in [0.29, 0.717) is 5.02 Å². The lowest BCUT2D eigenvalue weighted by Gasteiger charge is -2.20. The SMILES string of the molecule is CCCNC(c1ccc(F)cc1Cl)c1nccn1C. The summed E-state index contributed by atoms with van der Waals surface area (Å²) in [4.78, 5) is 4.36. The first kappa shape index (κ1) is 14.0. The van der Waals surface area contributed by atoms with E-state index >= 15 is 0 Å². The summed E-state index contributed by atoms with van der Waals surface area (Å²) in [5.41, 5.74) is 0.839. The van der Waals surface area contributed by atoms with Crippen molar-refractivity contribution >= 4 is 11.6 Å². The van der Waals surface area contributed by atoms with E-state index in [1.807, 2.05) is 17.8 Å². The van der Waals surface area contributed by atoms with Crippen LogP contribution >= 0.6 is 11.6 Å². The van der Waals surface area contributed by atoms with Gasteiger partial charge in [0.1, 0.15) is 11.6 Å². The van der Waals surface area contributed by atoms with Crippen LogP contribution in [0.4, 0.5) is 4.39 Å². The topological polar surface area (TPSA) is 29.9 Å². The molecular formula is C14H17ClFN3. The fourth-order valence-electron chi connectivity index (χ4n) is 2.02. The minimum Gasteiger partial charge on any atom is -0.336 e. The minimum atomic E-state index is -0.331. The Hall–Kier alpha value is -1.39. The number of nitrogens with zero attached hydrogens (tertiary/aromatic N) is 2. The van der Waals surface area contributed by atoms with Crippen LogP contribution in [-0.4, -0.2) is 16.1 Å². The van der Waals surface area contributed by atoms with Crippen LogP contribution in [0.25, 0.3) is 0 Å². The Morgan fingerprint density at radius 1 is 1.47 bits per heavy atom. The molecule has 0 saturated heterocycles. The molecule has 1 aromatic heterocycles. The van der Waals surface area contributed by atoms with Crippen LogP contribution in [0.5, 0.6) is 0 Å². The third kappa shape index (κ3) is 3.14. The van der Waals surface area contributed by atoms with Gasteiger partial charge >= 0.3 is 0 Å². The number of nitrogens with one attached hydrogen (secondary N) is 1. The van der Waals surface area contributed by atoms with Gasteiger partial charge in [-0.15, -0.1) is 0 Å². The van der Waals surface area contributed by atoms with Gasteiger partial charge in [-0.3, -0.25) is 0 Å². The molecule has 0 saturated carbocycles. The van der Waals surface area contributed by atoms with Gasteiger partial charge in [0.2, 0.25) is 0 Å². The normalized spacial score (nSPS) is 12.6. The molecule has 1 heterocycles. The molecule has 0 aliphatic rings. The zero-order valence-corrected chi connectivity index (χ0v) is 11.8. The standard InChI is InChI=1S/C14H17ClFN3/c1-3-6-17-13(14-18-7-8-19(14)2)11-5-4-10(16)9-12(11)15/h4-5,7-9,13,17H,3,6H2,1-2H3. The Bertz CT molecular complexity index is 553. The summed E-state index contributed by atoms with van der Waals surface area (Å²) in [5, 5.41) is 3.81. The largest absolute Gasteiger partial charge is 0.336 e. The Kier molecular flexibility index (Phi) is 4.56. The molecule has 1 aromatic carbocycles. The van der Waals surface area contributed by atoms with Crippen molar-refractivity contribution < 1.29 is 4.39 Å². The molecule has 102 valence electrons. The van der Waals surface area contributed by atoms with E-state index in [4.69, 9.17) is 11.6 Å². The lowest BCUT2D eigenvalue weighted by Crippen LogP contribution is -2.26. The van der Waals surface area contributed by atoms with Crippen LogP contribution in [0, 0.1) is 5.82 Å². The summed E-state index contributed by atoms with van der Waals surface area (Å²) in [6.45, 7) is 2.93. The minimum absolute atomic E-state index is 0.131. The van der Waals surface area contributed by atoms with Crippen molar-refractivity contribution in [1.82, 2.24) is 14.9 Å². The molecule has 0 fully saturated rings. The molecule has 19 heavy (non-hydrogen) atoms. The second-order valence-corrected chi connectivity index (χ2v) is 4.86. The van der Waals surface area contributed by atoms with Crippen molar-refractivity contribution in [2.24, 2.45) is 7.05 Å². The molecule has 3 nitrogen and oxygen atoms in total. The Morgan fingerprint density at radius 3 is 2.84 bits per heavy atom. The fourth-order valence-corrected chi connectivity index (χ4v) is 2.30. The van der Waals surface area contributed by atoms with Gasteiger partial charge in [-0.1, -0.05) is 24.6 Å². The van der Waals surface area contributed by atoms with Crippen LogP contribution in [0.15, 0.2) is 30.6 Å². The molecule has 0 spiro atoms. The first-order chi connectivity index (χ1) is 9.13. The Labute approximate surface area is 117 Å². The van der Waals surface area contributed by atoms with Crippen molar-refractivity contribution in [2.75, 3.05) is 6.54 Å². The first-order valence-corrected chi connectivity index (χ1v) is 6.66. The number of benzene rings is 1. The van der Waals surface area contributed by atoms with Crippen LogP contribution in [0.2, 0.25) is 5.02 Å². The molecule has 0 aliphatic carbocycles. The summed E-state index contributed by atoms with van der Waals surface area (Å²) >= 11 is 6.16. The van der Waals surface area contributed by atoms with Crippen molar-refractivity contribution in [1.29, 1.82) is 0 Å². The van der Waals surface area contributed by atoms with Gasteiger partial charge in [-0.25, -0.2) is 9.37 Å². The van der Waals surface area contributed by atoms with Gasteiger partial charge < -0.3 is 9.88 Å². The van der Waals surface area contributed by atoms with Crippen molar-refractivity contribution in [3.05, 3.63) is 52.8 Å². The van der Waals surface area contributed by atoms with Gasteiger partial charge in [0, 0.05) is 24.5 Å². The van der Waals surface area contributed by atoms with E-state index in [0.717, 1.165) is 24.4 Å². The summed E-state index contributed by atoms with van der Waals surface area (Å²) in [6, 6.07) is 4.33. The second-order valence-electron chi connectivity index (χ2n) is 4.45. The molecule has 2 rings (SSSR count). The van der Waals surface area contributed by atoms with Gasteiger partial charge in [0.15, 0.2) is 0 Å². The molecule has 0 amide bonds. The molecule has 1 N–H and O–H groups in total. The van der Waals surface area contributed by atoms with Crippen molar-refractivity contribution in [2.45, 2.75) is 19.4 Å². The van der Waals surface area contributed by atoms with Crippen LogP contribution in [-0.2, 0) is 7.05 Å². The van der Waals surface area contributed by atoms with Crippen LogP contribution in [0.3, 0.4) is 0 Å². The highest BCUT2D eigenvalue weighted by atomic mass is 35.5. The second kappa shape index (κ2) is 6.17. The number of aromatic nitrogens is 2. The number of halogens is 2. The lowest BCUT2D eigenvalue weighted by atomic mass is 10.1. The van der Waals surface area contributed by atoms with Gasteiger partial charge in [0.05, 0.1) is 6.04 Å². The lowest BCUT2D eigenvalue weighted by molar-refractivity contribution is 0.553. The molecule has 2 aromatic rings. The average molecular weight is 282 g/mol. The molecule has 0 radical (unpaired) electrons. The molecule has 1 unspecified atom stereocenters. The van der Waals surface area contributed by atoms with E-state index in [9.17, 15) is 4.39 Å². The quantitative estimate of drug-likeness (QED) is 0.911. The smallest absolute Gasteiger partial charge is 0.130 e. The van der Waals surface area contributed by atoms with E-state index in [-0.39, 0.29) is 11.9 Å². The predicted octanol–water partition coefficient (Wildman–Crippen LogP) is 3.30. The van der Waals surface area contributed by atoms with E-state index in [1.54, 1.807) is 12.3 Å². The molecule has 0 bridgehead atoms. The third-order valence-electron chi connectivity index (χ3n) is 2.99. The molecule has 0 aliphatic heterocycles. The summed E-state index contributed by atoms with van der Waals surface area (Å²) in [6.07, 6.45) is 4.63. The summed E-state index contributed by atoms with van der Waals surface area (Å²) in [5.74, 6) is 0.532. The van der Waals surface area contributed by atoms with E-state index < -0.39 is 0 Å². The fraction of sp³-hybridized carbons (Fsp3) is 0.357. The van der Waals surface area contributed by atoms with Crippen molar-refractivity contribution in [3.63, 3.8) is 0 Å². The Balaban J connectivity index is 2.40. The number of hydrogen-bond acceptors (Lipinski definition) is 2. The zero-order chi connectivity index (χ0) is 13.8. The predicted molar refractivity (Wildman–Crippen MR) is 74.8 cm³/mol. The van der Waals surface area contributed by atoms with Crippen molar-refractivity contribution in [3.8, 4) is 0 Å². The number of imidazole rings is 1. The number of aryl methyl sites for hydroxylation is 1. The highest BCUT2D eigenvalue weighted by Crippen LogP contribution is 2.28. The van der Waals surface area contributed by atoms with Gasteiger partial charge in [-0.2, -0.15) is 0 Å². The number of rotatable bonds is 5. The summed E-state index contributed by atoms with van der Waals surface area (Å²) < 4.78 is 15.1. The maximum absolute atomic E-state index is 13.2. The Morgan fingerprint density at radius 2 is 2.26 bits per heavy atom. The van der Waals surface area contributed by atoms with E-state index in [1.165, 1.54) is 12.1 Å². The third-order valence-corrected chi connectivity index (χ3v) is 3.32. The van der Waals surface area contributed by atoms with Gasteiger partial charge in [-0.05, 0) is 30.7 Å². The van der Waals surface area contributed by atoms with E-state index in [2.05, 4.69) is 17.2 Å². The number of hydrogen-bond donors (Lipinski definition) is 1. The molecular weight excluding hydrogens is 265 g/mol. The maximum Gasteiger partial charge on any atom is 0.130 e. The van der Waals surface area contributed by atoms with Crippen LogP contribution in [0.1, 0.15) is 30.8 Å². The monoisotopic (exact) mass is 281 g/mol. The first-order valence-electron chi connectivity index (χ1n) is 6.29. The molecule has 1 atom stereocenters. The highest BCUT2D eigenvalue weighted by molar-refractivity contribution is 6.31. The maximum atomic E-state index is 13.2. The summed E-state index contributed by atoms with van der Waals surface area (Å²) in [7, 11) is 1.93. The highest BCUT2D eigenvalue weighted by Gasteiger charge is 2.20. The average Bonchev–Trinajstić information content (AvgIpc) is 2.78.